The summed E-state index contributed by atoms with van der Waals surface area (Å²) in [5.74, 6) is 1.29. The summed E-state index contributed by atoms with van der Waals surface area (Å²) in [5.41, 5.74) is 1.87. The van der Waals surface area contributed by atoms with E-state index in [4.69, 9.17) is 9.47 Å². The predicted octanol–water partition coefficient (Wildman–Crippen LogP) is 3.36. The van der Waals surface area contributed by atoms with Gasteiger partial charge in [-0.2, -0.15) is 0 Å². The molecule has 0 aromatic heterocycles. The van der Waals surface area contributed by atoms with Crippen molar-refractivity contribution >= 4 is 17.7 Å². The number of hydrogen-bond donors (Lipinski definition) is 1. The zero-order chi connectivity index (χ0) is 21.2. The standard InChI is InChI=1S/C24H31N3O3/c1-29-21-10-11-23(30-2)22(19-21)25-24(28)12-14-27-17-15-26(16-18-27)13-6-9-20-7-4-3-5-8-20/h3-11,19H,12-18H2,1-2H3,(H,25,28). The van der Waals surface area contributed by atoms with E-state index in [0.717, 1.165) is 39.3 Å². The molecular weight excluding hydrogens is 378 g/mol. The number of carbonyl (C=O) groups is 1. The van der Waals surface area contributed by atoms with Crippen molar-refractivity contribution in [2.45, 2.75) is 6.42 Å². The van der Waals surface area contributed by atoms with Crippen LogP contribution >= 0.6 is 0 Å². The molecular formula is C24H31N3O3. The van der Waals surface area contributed by atoms with Gasteiger partial charge in [0.05, 0.1) is 19.9 Å². The first-order valence-electron chi connectivity index (χ1n) is 10.4. The highest BCUT2D eigenvalue weighted by molar-refractivity contribution is 5.92. The molecule has 1 aliphatic heterocycles. The van der Waals surface area contributed by atoms with Crippen molar-refractivity contribution in [3.63, 3.8) is 0 Å². The normalized spacial score (nSPS) is 15.3. The fourth-order valence-electron chi connectivity index (χ4n) is 3.48. The Morgan fingerprint density at radius 3 is 2.43 bits per heavy atom. The molecule has 0 atom stereocenters. The second-order valence-electron chi connectivity index (χ2n) is 7.32. The number of benzene rings is 2. The highest BCUT2D eigenvalue weighted by Gasteiger charge is 2.17. The largest absolute Gasteiger partial charge is 0.497 e. The van der Waals surface area contributed by atoms with Gasteiger partial charge in [-0.05, 0) is 17.7 Å². The number of amides is 1. The van der Waals surface area contributed by atoms with Crippen molar-refractivity contribution in [3.05, 3.63) is 60.2 Å². The van der Waals surface area contributed by atoms with E-state index in [1.165, 1.54) is 5.56 Å². The van der Waals surface area contributed by atoms with E-state index in [0.29, 0.717) is 23.6 Å². The van der Waals surface area contributed by atoms with Crippen molar-refractivity contribution < 1.29 is 14.3 Å². The zero-order valence-corrected chi connectivity index (χ0v) is 17.8. The van der Waals surface area contributed by atoms with Crippen molar-refractivity contribution in [1.82, 2.24) is 9.80 Å². The summed E-state index contributed by atoms with van der Waals surface area (Å²) in [6.07, 6.45) is 4.85. The van der Waals surface area contributed by atoms with Gasteiger partial charge in [0.2, 0.25) is 5.91 Å². The second kappa shape index (κ2) is 11.4. The number of ether oxygens (including phenoxy) is 2. The van der Waals surface area contributed by atoms with Crippen LogP contribution in [0.3, 0.4) is 0 Å². The maximum absolute atomic E-state index is 12.4. The molecule has 0 spiro atoms. The minimum absolute atomic E-state index is 0.0187. The van der Waals surface area contributed by atoms with Gasteiger partial charge in [-0.15, -0.1) is 0 Å². The van der Waals surface area contributed by atoms with Crippen LogP contribution in [-0.4, -0.2) is 69.2 Å². The van der Waals surface area contributed by atoms with Gasteiger partial charge in [-0.25, -0.2) is 0 Å². The molecule has 0 aliphatic carbocycles. The molecule has 1 fully saturated rings. The first-order chi connectivity index (χ1) is 14.7. The molecule has 6 heteroatoms. The topological polar surface area (TPSA) is 54.0 Å². The quantitative estimate of drug-likeness (QED) is 0.688. The minimum atomic E-state index is -0.0187. The number of hydrogen-bond acceptors (Lipinski definition) is 5. The molecule has 0 bridgehead atoms. The van der Waals surface area contributed by atoms with Crippen LogP contribution in [0, 0.1) is 0 Å². The Hall–Kier alpha value is -2.83. The summed E-state index contributed by atoms with van der Waals surface area (Å²) in [6.45, 7) is 5.71. The maximum atomic E-state index is 12.4. The Kier molecular flexibility index (Phi) is 8.30. The maximum Gasteiger partial charge on any atom is 0.225 e. The van der Waals surface area contributed by atoms with Crippen molar-refractivity contribution in [1.29, 1.82) is 0 Å². The van der Waals surface area contributed by atoms with E-state index < -0.39 is 0 Å². The molecule has 0 saturated carbocycles. The Morgan fingerprint density at radius 2 is 1.73 bits per heavy atom. The van der Waals surface area contributed by atoms with Gasteiger partial charge in [0.15, 0.2) is 0 Å². The number of methoxy groups -OCH3 is 2. The average Bonchev–Trinajstić information content (AvgIpc) is 2.79. The molecule has 1 aliphatic rings. The van der Waals surface area contributed by atoms with Crippen LogP contribution in [0.2, 0.25) is 0 Å². The van der Waals surface area contributed by atoms with Crippen LogP contribution in [0.5, 0.6) is 11.5 Å². The highest BCUT2D eigenvalue weighted by atomic mass is 16.5. The summed E-state index contributed by atoms with van der Waals surface area (Å²) in [7, 11) is 3.19. The first-order valence-corrected chi connectivity index (χ1v) is 10.4. The summed E-state index contributed by atoms with van der Waals surface area (Å²) < 4.78 is 10.6. The van der Waals surface area contributed by atoms with Crippen molar-refractivity contribution in [2.24, 2.45) is 0 Å². The van der Waals surface area contributed by atoms with Gasteiger partial charge in [0.25, 0.3) is 0 Å². The van der Waals surface area contributed by atoms with Gasteiger partial charge in [0.1, 0.15) is 11.5 Å². The van der Waals surface area contributed by atoms with Gasteiger partial charge < -0.3 is 19.7 Å². The van der Waals surface area contributed by atoms with Gasteiger partial charge >= 0.3 is 0 Å². The monoisotopic (exact) mass is 409 g/mol. The predicted molar refractivity (Wildman–Crippen MR) is 121 cm³/mol. The second-order valence-corrected chi connectivity index (χ2v) is 7.32. The molecule has 30 heavy (non-hydrogen) atoms. The third-order valence-corrected chi connectivity index (χ3v) is 5.27. The lowest BCUT2D eigenvalue weighted by molar-refractivity contribution is -0.116. The van der Waals surface area contributed by atoms with Gasteiger partial charge in [-0.1, -0.05) is 42.5 Å². The van der Waals surface area contributed by atoms with E-state index in [1.54, 1.807) is 26.4 Å². The Bertz CT molecular complexity index is 831. The summed E-state index contributed by atoms with van der Waals surface area (Å²) in [5, 5.41) is 2.94. The summed E-state index contributed by atoms with van der Waals surface area (Å²) in [6, 6.07) is 15.7. The highest BCUT2D eigenvalue weighted by Crippen LogP contribution is 2.28. The van der Waals surface area contributed by atoms with Gasteiger partial charge in [0, 0.05) is 51.8 Å². The summed E-state index contributed by atoms with van der Waals surface area (Å²) >= 11 is 0. The van der Waals surface area contributed by atoms with Crippen LogP contribution in [0.1, 0.15) is 12.0 Å². The number of carbonyl (C=O) groups excluding carboxylic acids is 1. The third kappa shape index (κ3) is 6.61. The Balaban J connectivity index is 1.38. The van der Waals surface area contributed by atoms with E-state index in [2.05, 4.69) is 51.5 Å². The minimum Gasteiger partial charge on any atom is -0.497 e. The van der Waals surface area contributed by atoms with E-state index in [1.807, 2.05) is 12.1 Å². The molecule has 0 radical (unpaired) electrons. The lowest BCUT2D eigenvalue weighted by atomic mass is 10.2. The number of piperazine rings is 1. The van der Waals surface area contributed by atoms with E-state index in [-0.39, 0.29) is 5.91 Å². The molecule has 1 N–H and O–H groups in total. The Labute approximate surface area is 179 Å². The summed E-state index contributed by atoms with van der Waals surface area (Å²) in [4.78, 5) is 17.2. The van der Waals surface area contributed by atoms with Crippen LogP contribution in [0.4, 0.5) is 5.69 Å². The molecule has 2 aromatic carbocycles. The van der Waals surface area contributed by atoms with Crippen molar-refractivity contribution in [3.8, 4) is 11.5 Å². The molecule has 0 unspecified atom stereocenters. The van der Waals surface area contributed by atoms with Crippen LogP contribution in [0.15, 0.2) is 54.6 Å². The fourth-order valence-corrected chi connectivity index (χ4v) is 3.48. The molecule has 6 nitrogen and oxygen atoms in total. The van der Waals surface area contributed by atoms with E-state index >= 15 is 0 Å². The lowest BCUT2D eigenvalue weighted by Gasteiger charge is -2.34. The molecule has 160 valence electrons. The van der Waals surface area contributed by atoms with Crippen LogP contribution < -0.4 is 14.8 Å². The lowest BCUT2D eigenvalue weighted by Crippen LogP contribution is -2.46. The number of nitrogens with zero attached hydrogens (tertiary/aromatic N) is 2. The Morgan fingerprint density at radius 1 is 1.00 bits per heavy atom. The van der Waals surface area contributed by atoms with Gasteiger partial charge in [-0.3, -0.25) is 9.69 Å². The number of rotatable bonds is 9. The zero-order valence-electron chi connectivity index (χ0n) is 17.8. The smallest absolute Gasteiger partial charge is 0.225 e. The SMILES string of the molecule is COc1ccc(OC)c(NC(=O)CCN2CCN(CC=Cc3ccccc3)CC2)c1. The molecule has 1 saturated heterocycles. The van der Waals surface area contributed by atoms with E-state index in [9.17, 15) is 4.79 Å². The average molecular weight is 410 g/mol. The molecule has 2 aromatic rings. The van der Waals surface area contributed by atoms with Crippen LogP contribution in [-0.2, 0) is 4.79 Å². The molecule has 3 rings (SSSR count). The number of anilines is 1. The van der Waals surface area contributed by atoms with Crippen LogP contribution in [0.25, 0.3) is 6.08 Å². The first kappa shape index (κ1) is 21.9. The number of nitrogens with one attached hydrogen (secondary N) is 1. The van der Waals surface area contributed by atoms with Crippen molar-refractivity contribution in [2.75, 3.05) is 58.8 Å². The molecule has 1 heterocycles. The molecule has 1 amide bonds. The third-order valence-electron chi connectivity index (χ3n) is 5.27. The fraction of sp³-hybridized carbons (Fsp3) is 0.375.